The van der Waals surface area contributed by atoms with Gasteiger partial charge in [-0.05, 0) is 42.7 Å². The predicted molar refractivity (Wildman–Crippen MR) is 77.9 cm³/mol. The van der Waals surface area contributed by atoms with Crippen LogP contribution in [0.4, 0.5) is 4.39 Å². The molecule has 0 aromatic heterocycles. The van der Waals surface area contributed by atoms with E-state index in [1.165, 1.54) is 22.8 Å². The third-order valence-corrected chi connectivity index (χ3v) is 3.42. The van der Waals surface area contributed by atoms with Gasteiger partial charge in [0.2, 0.25) is 0 Å². The van der Waals surface area contributed by atoms with Crippen molar-refractivity contribution in [2.75, 3.05) is 0 Å². The number of hydrogen-bond acceptors (Lipinski definition) is 1. The molecule has 2 aromatic rings. The minimum absolute atomic E-state index is 0.172. The molecule has 100 valence electrons. The van der Waals surface area contributed by atoms with Gasteiger partial charge in [-0.2, -0.15) is 0 Å². The minimum Gasteiger partial charge on any atom is -0.309 e. The number of halogens is 2. The van der Waals surface area contributed by atoms with Crippen LogP contribution in [0.3, 0.4) is 0 Å². The lowest BCUT2D eigenvalue weighted by Crippen LogP contribution is -2.13. The molecular formula is C16H17ClFN. The molecule has 0 saturated carbocycles. The van der Waals surface area contributed by atoms with Crippen molar-refractivity contribution in [3.8, 4) is 0 Å². The molecule has 0 spiro atoms. The first-order valence-corrected chi connectivity index (χ1v) is 6.65. The van der Waals surface area contributed by atoms with Crippen LogP contribution >= 0.6 is 11.6 Å². The first kappa shape index (κ1) is 14.0. The van der Waals surface area contributed by atoms with E-state index in [9.17, 15) is 4.39 Å². The Hall–Kier alpha value is -1.38. The maximum absolute atomic E-state index is 13.0. The molecule has 0 heterocycles. The van der Waals surface area contributed by atoms with Crippen molar-refractivity contribution < 1.29 is 4.39 Å². The Labute approximate surface area is 118 Å². The van der Waals surface area contributed by atoms with Gasteiger partial charge in [0.1, 0.15) is 5.82 Å². The summed E-state index contributed by atoms with van der Waals surface area (Å²) >= 11 is 5.75. The van der Waals surface area contributed by atoms with Gasteiger partial charge in [0, 0.05) is 13.1 Å². The van der Waals surface area contributed by atoms with Crippen LogP contribution in [-0.2, 0) is 13.1 Å². The molecule has 0 fully saturated rings. The Morgan fingerprint density at radius 3 is 2.53 bits per heavy atom. The molecule has 1 N–H and O–H groups in total. The second kappa shape index (κ2) is 6.18. The maximum Gasteiger partial charge on any atom is 0.141 e. The molecule has 0 aliphatic carbocycles. The summed E-state index contributed by atoms with van der Waals surface area (Å²) in [4.78, 5) is 0. The van der Waals surface area contributed by atoms with Crippen molar-refractivity contribution in [3.05, 3.63) is 69.5 Å². The highest BCUT2D eigenvalue weighted by Gasteiger charge is 2.02. The summed E-state index contributed by atoms with van der Waals surface area (Å²) in [5.74, 6) is -0.375. The number of rotatable bonds is 4. The Bertz CT molecular complexity index is 581. The zero-order chi connectivity index (χ0) is 13.8. The zero-order valence-corrected chi connectivity index (χ0v) is 11.9. The van der Waals surface area contributed by atoms with Gasteiger partial charge in [-0.3, -0.25) is 0 Å². The molecule has 19 heavy (non-hydrogen) atoms. The van der Waals surface area contributed by atoms with Crippen LogP contribution < -0.4 is 5.32 Å². The summed E-state index contributed by atoms with van der Waals surface area (Å²) in [6.07, 6.45) is 0. The molecule has 0 radical (unpaired) electrons. The number of aryl methyl sites for hydroxylation is 2. The minimum atomic E-state index is -0.375. The summed E-state index contributed by atoms with van der Waals surface area (Å²) in [7, 11) is 0. The number of hydrogen-bond donors (Lipinski definition) is 1. The van der Waals surface area contributed by atoms with E-state index in [1.807, 2.05) is 0 Å². The van der Waals surface area contributed by atoms with Gasteiger partial charge in [-0.1, -0.05) is 41.4 Å². The molecule has 2 rings (SSSR count). The van der Waals surface area contributed by atoms with Crippen LogP contribution in [0.1, 0.15) is 22.3 Å². The molecule has 0 amide bonds. The molecule has 0 aliphatic heterocycles. The van der Waals surface area contributed by atoms with Crippen LogP contribution in [-0.4, -0.2) is 0 Å². The Morgan fingerprint density at radius 1 is 1.05 bits per heavy atom. The Balaban J connectivity index is 1.94. The monoisotopic (exact) mass is 277 g/mol. The highest BCUT2D eigenvalue weighted by atomic mass is 35.5. The first-order valence-electron chi connectivity index (χ1n) is 6.27. The number of benzene rings is 2. The summed E-state index contributed by atoms with van der Waals surface area (Å²) in [6, 6.07) is 11.2. The molecular weight excluding hydrogens is 261 g/mol. The fourth-order valence-electron chi connectivity index (χ4n) is 2.04. The van der Waals surface area contributed by atoms with E-state index in [1.54, 1.807) is 12.1 Å². The quantitative estimate of drug-likeness (QED) is 0.874. The molecule has 0 atom stereocenters. The van der Waals surface area contributed by atoms with Gasteiger partial charge < -0.3 is 5.32 Å². The van der Waals surface area contributed by atoms with Crippen molar-refractivity contribution in [2.45, 2.75) is 26.9 Å². The lowest BCUT2D eigenvalue weighted by atomic mass is 10.1. The van der Waals surface area contributed by atoms with Gasteiger partial charge in [-0.15, -0.1) is 0 Å². The molecule has 0 bridgehead atoms. The smallest absolute Gasteiger partial charge is 0.141 e. The van der Waals surface area contributed by atoms with Gasteiger partial charge in [0.15, 0.2) is 0 Å². The van der Waals surface area contributed by atoms with E-state index < -0.39 is 0 Å². The third kappa shape index (κ3) is 3.79. The van der Waals surface area contributed by atoms with Crippen LogP contribution in [0, 0.1) is 19.7 Å². The highest BCUT2D eigenvalue weighted by Crippen LogP contribution is 2.16. The van der Waals surface area contributed by atoms with E-state index in [0.29, 0.717) is 6.54 Å². The molecule has 0 unspecified atom stereocenters. The van der Waals surface area contributed by atoms with Crippen molar-refractivity contribution in [3.63, 3.8) is 0 Å². The molecule has 3 heteroatoms. The second-order valence-electron chi connectivity index (χ2n) is 4.78. The van der Waals surface area contributed by atoms with Gasteiger partial charge >= 0.3 is 0 Å². The average Bonchev–Trinajstić information content (AvgIpc) is 2.36. The van der Waals surface area contributed by atoms with Crippen LogP contribution in [0.15, 0.2) is 36.4 Å². The Morgan fingerprint density at radius 2 is 1.84 bits per heavy atom. The lowest BCUT2D eigenvalue weighted by Gasteiger charge is -2.09. The number of nitrogens with one attached hydrogen (secondary N) is 1. The highest BCUT2D eigenvalue weighted by molar-refractivity contribution is 6.30. The standard InChI is InChI=1S/C16H17ClFN/c1-11-3-5-14(12(2)7-11)10-19-9-13-4-6-16(18)15(17)8-13/h3-8,19H,9-10H2,1-2H3. The third-order valence-electron chi connectivity index (χ3n) is 3.13. The van der Waals surface area contributed by atoms with E-state index in [2.05, 4.69) is 37.4 Å². The van der Waals surface area contributed by atoms with E-state index >= 15 is 0 Å². The Kier molecular flexibility index (Phi) is 4.56. The molecule has 0 saturated heterocycles. The summed E-state index contributed by atoms with van der Waals surface area (Å²) in [6.45, 7) is 5.66. The SMILES string of the molecule is Cc1ccc(CNCc2ccc(F)c(Cl)c2)c(C)c1. The van der Waals surface area contributed by atoms with Crippen molar-refractivity contribution in [1.29, 1.82) is 0 Å². The zero-order valence-electron chi connectivity index (χ0n) is 11.1. The summed E-state index contributed by atoms with van der Waals surface area (Å²) in [5.41, 5.74) is 4.81. The van der Waals surface area contributed by atoms with E-state index in [4.69, 9.17) is 11.6 Å². The van der Waals surface area contributed by atoms with Crippen LogP contribution in [0.25, 0.3) is 0 Å². The van der Waals surface area contributed by atoms with Crippen molar-refractivity contribution in [2.24, 2.45) is 0 Å². The molecule has 0 aliphatic rings. The first-order chi connectivity index (χ1) is 9.06. The van der Waals surface area contributed by atoms with E-state index in [-0.39, 0.29) is 10.8 Å². The predicted octanol–water partition coefficient (Wildman–Crippen LogP) is 4.39. The maximum atomic E-state index is 13.0. The molecule has 2 aromatic carbocycles. The largest absolute Gasteiger partial charge is 0.309 e. The van der Waals surface area contributed by atoms with E-state index in [0.717, 1.165) is 12.1 Å². The topological polar surface area (TPSA) is 12.0 Å². The molecule has 1 nitrogen and oxygen atoms in total. The fourth-order valence-corrected chi connectivity index (χ4v) is 2.24. The second-order valence-corrected chi connectivity index (χ2v) is 5.19. The van der Waals surface area contributed by atoms with Gasteiger partial charge in [0.25, 0.3) is 0 Å². The van der Waals surface area contributed by atoms with Crippen molar-refractivity contribution in [1.82, 2.24) is 5.32 Å². The summed E-state index contributed by atoms with van der Waals surface area (Å²) in [5, 5.41) is 3.52. The normalized spacial score (nSPS) is 10.7. The van der Waals surface area contributed by atoms with Gasteiger partial charge in [-0.25, -0.2) is 4.39 Å². The lowest BCUT2D eigenvalue weighted by molar-refractivity contribution is 0.625. The van der Waals surface area contributed by atoms with Gasteiger partial charge in [0.05, 0.1) is 5.02 Å². The fraction of sp³-hybridized carbons (Fsp3) is 0.250. The van der Waals surface area contributed by atoms with Crippen LogP contribution in [0.2, 0.25) is 5.02 Å². The average molecular weight is 278 g/mol. The van der Waals surface area contributed by atoms with Crippen LogP contribution in [0.5, 0.6) is 0 Å². The van der Waals surface area contributed by atoms with Crippen molar-refractivity contribution >= 4 is 11.6 Å². The summed E-state index contributed by atoms with van der Waals surface area (Å²) < 4.78 is 13.0.